The van der Waals surface area contributed by atoms with E-state index in [1.807, 2.05) is 13.8 Å². The van der Waals surface area contributed by atoms with Crippen LogP contribution in [-0.4, -0.2) is 57.0 Å². The van der Waals surface area contributed by atoms with E-state index in [9.17, 15) is 5.11 Å². The summed E-state index contributed by atoms with van der Waals surface area (Å²) in [6, 6.07) is 0.109. The van der Waals surface area contributed by atoms with Gasteiger partial charge in [-0.05, 0) is 5.92 Å². The Hall–Kier alpha value is -2.19. The third-order valence-corrected chi connectivity index (χ3v) is 3.61. The minimum absolute atomic E-state index is 0.0393. The highest BCUT2D eigenvalue weighted by Crippen LogP contribution is 2.32. The molecule has 1 saturated heterocycles. The molecule has 2 aromatic rings. The van der Waals surface area contributed by atoms with Crippen molar-refractivity contribution < 1.29 is 14.6 Å². The van der Waals surface area contributed by atoms with Gasteiger partial charge in [0, 0.05) is 18.9 Å². The number of morpholine rings is 1. The maximum absolute atomic E-state index is 10.3. The predicted octanol–water partition coefficient (Wildman–Crippen LogP) is 0.858. The zero-order valence-corrected chi connectivity index (χ0v) is 13.3. The Bertz CT molecular complexity index is 639. The van der Waals surface area contributed by atoms with Crippen molar-refractivity contribution in [3.8, 4) is 17.7 Å². The lowest BCUT2D eigenvalue weighted by molar-refractivity contribution is 0.0582. The van der Waals surface area contributed by atoms with Gasteiger partial charge in [0.05, 0.1) is 24.8 Å². The lowest BCUT2D eigenvalue weighted by Gasteiger charge is -2.24. The van der Waals surface area contributed by atoms with Crippen LogP contribution in [0.15, 0.2) is 18.7 Å². The van der Waals surface area contributed by atoms with Gasteiger partial charge >= 0.3 is 0 Å². The lowest BCUT2D eigenvalue weighted by atomic mass is 10.1. The Morgan fingerprint density at radius 3 is 3.00 bits per heavy atom. The van der Waals surface area contributed by atoms with E-state index in [2.05, 4.69) is 20.3 Å². The van der Waals surface area contributed by atoms with Crippen LogP contribution in [0.1, 0.15) is 25.3 Å². The smallest absolute Gasteiger partial charge is 0.241 e. The zero-order chi connectivity index (χ0) is 16.2. The van der Waals surface area contributed by atoms with Gasteiger partial charge in [-0.15, -0.1) is 0 Å². The Kier molecular flexibility index (Phi) is 4.73. The molecule has 0 aromatic carbocycles. The summed E-state index contributed by atoms with van der Waals surface area (Å²) in [5, 5.41) is 13.6. The molecule has 0 bridgehead atoms. The van der Waals surface area contributed by atoms with Gasteiger partial charge in [0.2, 0.25) is 17.7 Å². The van der Waals surface area contributed by atoms with Crippen molar-refractivity contribution >= 4 is 0 Å². The number of hydrogen-bond donors (Lipinski definition) is 2. The van der Waals surface area contributed by atoms with Crippen LogP contribution in [0.4, 0.5) is 0 Å². The fourth-order valence-corrected chi connectivity index (χ4v) is 2.44. The normalized spacial score (nSPS) is 18.3. The molecular weight excluding hydrogens is 298 g/mol. The maximum atomic E-state index is 10.3. The second-order valence-corrected chi connectivity index (χ2v) is 5.73. The van der Waals surface area contributed by atoms with Gasteiger partial charge in [-0.1, -0.05) is 13.8 Å². The molecule has 1 atom stereocenters. The van der Waals surface area contributed by atoms with Gasteiger partial charge in [-0.3, -0.25) is 4.57 Å². The van der Waals surface area contributed by atoms with E-state index >= 15 is 0 Å². The number of nitrogens with zero attached hydrogens (tertiary/aromatic N) is 4. The zero-order valence-electron chi connectivity index (χ0n) is 13.3. The van der Waals surface area contributed by atoms with Crippen LogP contribution >= 0.6 is 0 Å². The summed E-state index contributed by atoms with van der Waals surface area (Å²) in [6.45, 7) is 6.46. The summed E-state index contributed by atoms with van der Waals surface area (Å²) in [7, 11) is 0. The molecule has 124 valence electrons. The minimum atomic E-state index is -0.0680. The number of hydrogen-bond acceptors (Lipinski definition) is 7. The van der Waals surface area contributed by atoms with Crippen molar-refractivity contribution in [2.45, 2.75) is 25.8 Å². The van der Waals surface area contributed by atoms with Gasteiger partial charge in [-0.2, -0.15) is 9.97 Å². The summed E-state index contributed by atoms with van der Waals surface area (Å²) >= 11 is 0. The van der Waals surface area contributed by atoms with E-state index in [1.54, 1.807) is 23.3 Å². The van der Waals surface area contributed by atoms with Gasteiger partial charge in [0.1, 0.15) is 12.9 Å². The van der Waals surface area contributed by atoms with Crippen LogP contribution in [0.3, 0.4) is 0 Å². The van der Waals surface area contributed by atoms with Gasteiger partial charge in [0.25, 0.3) is 0 Å². The molecule has 1 aliphatic rings. The van der Waals surface area contributed by atoms with Gasteiger partial charge in [-0.25, -0.2) is 4.98 Å². The van der Waals surface area contributed by atoms with Crippen molar-refractivity contribution in [3.05, 3.63) is 24.3 Å². The monoisotopic (exact) mass is 319 g/mol. The number of aromatic nitrogens is 4. The molecule has 8 heteroatoms. The quantitative estimate of drug-likeness (QED) is 0.844. The van der Waals surface area contributed by atoms with E-state index in [4.69, 9.17) is 9.47 Å². The number of ether oxygens (including phenoxy) is 2. The van der Waals surface area contributed by atoms with Gasteiger partial charge < -0.3 is 19.9 Å². The first kappa shape index (κ1) is 15.7. The Balaban J connectivity index is 1.85. The predicted molar refractivity (Wildman–Crippen MR) is 83.0 cm³/mol. The molecule has 0 spiro atoms. The average Bonchev–Trinajstić information content (AvgIpc) is 3.07. The first-order valence-electron chi connectivity index (χ1n) is 7.68. The summed E-state index contributed by atoms with van der Waals surface area (Å²) in [6.07, 6.45) is 4.91. The van der Waals surface area contributed by atoms with Crippen molar-refractivity contribution in [2.24, 2.45) is 0 Å². The molecule has 0 saturated carbocycles. The third kappa shape index (κ3) is 3.59. The van der Waals surface area contributed by atoms with Crippen LogP contribution in [0.2, 0.25) is 0 Å². The van der Waals surface area contributed by atoms with Crippen molar-refractivity contribution in [3.63, 3.8) is 0 Å². The standard InChI is InChI=1S/C15H21N5O3/c1-10(2)12-13(21)18-15(20-5-3-16-9-20)19-14(12)23-8-11-7-22-6-4-17-11/h3,5,9-11,17H,4,6-8H2,1-2H3,(H,18,19,21). The Morgan fingerprint density at radius 2 is 2.35 bits per heavy atom. The van der Waals surface area contributed by atoms with Gasteiger partial charge in [0.15, 0.2) is 0 Å². The van der Waals surface area contributed by atoms with E-state index in [1.165, 1.54) is 0 Å². The van der Waals surface area contributed by atoms with E-state index in [-0.39, 0.29) is 17.8 Å². The van der Waals surface area contributed by atoms with Crippen molar-refractivity contribution in [2.75, 3.05) is 26.4 Å². The van der Waals surface area contributed by atoms with E-state index in [0.717, 1.165) is 6.54 Å². The molecular formula is C15H21N5O3. The second-order valence-electron chi connectivity index (χ2n) is 5.73. The average molecular weight is 319 g/mol. The maximum Gasteiger partial charge on any atom is 0.241 e. The number of rotatable bonds is 5. The molecule has 0 radical (unpaired) electrons. The second kappa shape index (κ2) is 6.93. The summed E-state index contributed by atoms with van der Waals surface area (Å²) in [5.74, 6) is 0.690. The van der Waals surface area contributed by atoms with Crippen LogP contribution in [0.5, 0.6) is 11.8 Å². The summed E-state index contributed by atoms with van der Waals surface area (Å²) < 4.78 is 12.9. The molecule has 2 N–H and O–H groups in total. The highest BCUT2D eigenvalue weighted by atomic mass is 16.5. The largest absolute Gasteiger partial charge is 0.493 e. The van der Waals surface area contributed by atoms with Crippen molar-refractivity contribution in [1.82, 2.24) is 24.8 Å². The number of nitrogens with one attached hydrogen (secondary N) is 1. The number of aromatic hydroxyl groups is 1. The molecule has 0 aliphatic carbocycles. The molecule has 23 heavy (non-hydrogen) atoms. The molecule has 8 nitrogen and oxygen atoms in total. The van der Waals surface area contributed by atoms with Crippen LogP contribution in [-0.2, 0) is 4.74 Å². The topological polar surface area (TPSA) is 94.3 Å². The van der Waals surface area contributed by atoms with Crippen LogP contribution in [0.25, 0.3) is 5.95 Å². The molecule has 2 aromatic heterocycles. The lowest BCUT2D eigenvalue weighted by Crippen LogP contribution is -2.45. The first-order chi connectivity index (χ1) is 11.1. The Labute approximate surface area is 134 Å². The fraction of sp³-hybridized carbons (Fsp3) is 0.533. The summed E-state index contributed by atoms with van der Waals surface area (Å²) in [5.41, 5.74) is 0.602. The third-order valence-electron chi connectivity index (χ3n) is 3.61. The number of imidazole rings is 1. The van der Waals surface area contributed by atoms with E-state index < -0.39 is 0 Å². The van der Waals surface area contributed by atoms with Crippen molar-refractivity contribution in [1.29, 1.82) is 0 Å². The highest BCUT2D eigenvalue weighted by molar-refractivity contribution is 5.40. The minimum Gasteiger partial charge on any atom is -0.493 e. The molecule has 3 heterocycles. The molecule has 0 amide bonds. The highest BCUT2D eigenvalue weighted by Gasteiger charge is 2.21. The fourth-order valence-electron chi connectivity index (χ4n) is 2.44. The first-order valence-corrected chi connectivity index (χ1v) is 7.68. The van der Waals surface area contributed by atoms with E-state index in [0.29, 0.717) is 37.2 Å². The molecule has 1 unspecified atom stereocenters. The van der Waals surface area contributed by atoms with Crippen LogP contribution in [0, 0.1) is 0 Å². The SMILES string of the molecule is CC(C)c1c(O)nc(-n2ccnc2)nc1OCC1COCCN1. The molecule has 1 fully saturated rings. The Morgan fingerprint density at radius 1 is 1.48 bits per heavy atom. The molecule has 1 aliphatic heterocycles. The summed E-state index contributed by atoms with van der Waals surface area (Å²) in [4.78, 5) is 12.6. The molecule has 3 rings (SSSR count). The van der Waals surface area contributed by atoms with Crippen LogP contribution < -0.4 is 10.1 Å².